The molecule has 1 fully saturated rings. The molecule has 1 aromatic rings. The number of nitrogens with one attached hydrogen (secondary N) is 1. The molecule has 0 saturated carbocycles. The molecule has 0 bridgehead atoms. The van der Waals surface area contributed by atoms with Crippen LogP contribution >= 0.6 is 11.6 Å². The van der Waals surface area contributed by atoms with E-state index in [9.17, 15) is 13.6 Å². The maximum absolute atomic E-state index is 13.4. The summed E-state index contributed by atoms with van der Waals surface area (Å²) in [4.78, 5) is 12.8. The summed E-state index contributed by atoms with van der Waals surface area (Å²) in [5.41, 5.74) is 2.94. The van der Waals surface area contributed by atoms with Crippen molar-refractivity contribution >= 4 is 17.5 Å². The van der Waals surface area contributed by atoms with Crippen LogP contribution in [0.3, 0.4) is 0 Å². The number of hydrogen-bond donors (Lipinski definition) is 1. The van der Waals surface area contributed by atoms with Gasteiger partial charge in [0.2, 0.25) is 5.91 Å². The first-order valence-corrected chi connectivity index (χ1v) is 7.98. The zero-order valence-corrected chi connectivity index (χ0v) is 13.6. The Morgan fingerprint density at radius 1 is 1.36 bits per heavy atom. The minimum atomic E-state index is -0.629. The lowest BCUT2D eigenvalue weighted by Crippen LogP contribution is -2.46. The molecule has 6 heteroatoms. The van der Waals surface area contributed by atoms with E-state index in [1.54, 1.807) is 0 Å². The number of nitrogens with zero attached hydrogens (tertiary/aromatic N) is 1. The third-order valence-electron chi connectivity index (χ3n) is 4.01. The van der Waals surface area contributed by atoms with Crippen LogP contribution in [0.4, 0.5) is 8.78 Å². The third kappa shape index (κ3) is 3.76. The van der Waals surface area contributed by atoms with Gasteiger partial charge in [0.05, 0.1) is 6.04 Å². The summed E-state index contributed by atoms with van der Waals surface area (Å²) in [5, 5.41) is 1.52. The smallest absolute Gasteiger partial charge is 0.242 e. The van der Waals surface area contributed by atoms with Gasteiger partial charge in [-0.1, -0.05) is 13.8 Å². The van der Waals surface area contributed by atoms with Crippen LogP contribution in [0, 0.1) is 17.0 Å². The van der Waals surface area contributed by atoms with E-state index in [2.05, 4.69) is 5.43 Å². The maximum Gasteiger partial charge on any atom is 0.242 e. The van der Waals surface area contributed by atoms with Gasteiger partial charge in [-0.25, -0.2) is 14.2 Å². The average molecular weight is 331 g/mol. The molecular formula is C16H21ClF2N2O. The van der Waals surface area contributed by atoms with E-state index in [0.29, 0.717) is 30.8 Å². The van der Waals surface area contributed by atoms with E-state index < -0.39 is 17.0 Å². The second-order valence-corrected chi connectivity index (χ2v) is 6.64. The van der Waals surface area contributed by atoms with Gasteiger partial charge in [-0.05, 0) is 37.0 Å². The Bertz CT molecular complexity index is 531. The molecule has 22 heavy (non-hydrogen) atoms. The van der Waals surface area contributed by atoms with E-state index in [1.807, 2.05) is 13.8 Å². The zero-order valence-electron chi connectivity index (χ0n) is 12.8. The van der Waals surface area contributed by atoms with Gasteiger partial charge in [0.25, 0.3) is 0 Å². The predicted octanol–water partition coefficient (Wildman–Crippen LogP) is 3.79. The minimum absolute atomic E-state index is 0.0789. The Labute approximate surface area is 134 Å². The molecular weight excluding hydrogens is 310 g/mol. The number of amides is 1. The molecule has 0 aromatic heterocycles. The van der Waals surface area contributed by atoms with Crippen LogP contribution in [0.5, 0.6) is 0 Å². The SMILES string of the molecule is CC(C)(CCCCl)C(=O)N1NCCC1c1cc(F)cc(F)c1. The molecule has 1 aliphatic rings. The fraction of sp³-hybridized carbons (Fsp3) is 0.562. The van der Waals surface area contributed by atoms with Gasteiger partial charge < -0.3 is 0 Å². The molecule has 0 spiro atoms. The fourth-order valence-corrected chi connectivity index (χ4v) is 2.93. The van der Waals surface area contributed by atoms with Gasteiger partial charge in [-0.3, -0.25) is 9.80 Å². The summed E-state index contributed by atoms with van der Waals surface area (Å²) in [6.45, 7) is 4.33. The van der Waals surface area contributed by atoms with Crippen molar-refractivity contribution < 1.29 is 13.6 Å². The van der Waals surface area contributed by atoms with Crippen LogP contribution in [-0.2, 0) is 4.79 Å². The van der Waals surface area contributed by atoms with Crippen molar-refractivity contribution in [1.82, 2.24) is 10.4 Å². The minimum Gasteiger partial charge on any atom is -0.273 e. The molecule has 1 unspecified atom stereocenters. The maximum atomic E-state index is 13.4. The lowest BCUT2D eigenvalue weighted by Gasteiger charge is -2.33. The van der Waals surface area contributed by atoms with Crippen LogP contribution in [0.2, 0.25) is 0 Å². The number of rotatable bonds is 5. The highest BCUT2D eigenvalue weighted by atomic mass is 35.5. The Morgan fingerprint density at radius 3 is 2.59 bits per heavy atom. The summed E-state index contributed by atoms with van der Waals surface area (Å²) in [7, 11) is 0. The van der Waals surface area contributed by atoms with Crippen LogP contribution in [0.15, 0.2) is 18.2 Å². The number of benzene rings is 1. The zero-order chi connectivity index (χ0) is 16.3. The molecule has 122 valence electrons. The fourth-order valence-electron chi connectivity index (χ4n) is 2.80. The van der Waals surface area contributed by atoms with E-state index in [0.717, 1.165) is 12.5 Å². The second-order valence-electron chi connectivity index (χ2n) is 6.27. The third-order valence-corrected chi connectivity index (χ3v) is 4.28. The van der Waals surface area contributed by atoms with Crippen molar-refractivity contribution in [2.75, 3.05) is 12.4 Å². The first-order valence-electron chi connectivity index (χ1n) is 7.44. The van der Waals surface area contributed by atoms with Gasteiger partial charge in [-0.15, -0.1) is 11.6 Å². The lowest BCUT2D eigenvalue weighted by atomic mass is 9.86. The van der Waals surface area contributed by atoms with Crippen molar-refractivity contribution in [1.29, 1.82) is 0 Å². The molecule has 1 N–H and O–H groups in total. The van der Waals surface area contributed by atoms with Crippen molar-refractivity contribution in [2.45, 2.75) is 39.2 Å². The monoisotopic (exact) mass is 330 g/mol. The summed E-state index contributed by atoms with van der Waals surface area (Å²) in [6.07, 6.45) is 2.03. The van der Waals surface area contributed by atoms with E-state index >= 15 is 0 Å². The number of alkyl halides is 1. The van der Waals surface area contributed by atoms with Crippen LogP contribution < -0.4 is 5.43 Å². The average Bonchev–Trinajstić information content (AvgIpc) is 2.92. The summed E-state index contributed by atoms with van der Waals surface area (Å²) < 4.78 is 26.9. The Balaban J connectivity index is 2.21. The van der Waals surface area contributed by atoms with E-state index in [-0.39, 0.29) is 11.9 Å². The Kier molecular flexibility index (Phi) is 5.40. The van der Waals surface area contributed by atoms with Gasteiger partial charge in [0, 0.05) is 23.9 Å². The van der Waals surface area contributed by atoms with Gasteiger partial charge in [0.1, 0.15) is 11.6 Å². The summed E-state index contributed by atoms with van der Waals surface area (Å²) >= 11 is 5.71. The van der Waals surface area contributed by atoms with Crippen molar-refractivity contribution in [3.63, 3.8) is 0 Å². The van der Waals surface area contributed by atoms with Gasteiger partial charge in [0.15, 0.2) is 0 Å². The number of carbonyl (C=O) groups is 1. The van der Waals surface area contributed by atoms with Gasteiger partial charge in [-0.2, -0.15) is 0 Å². The molecule has 1 saturated heterocycles. The van der Waals surface area contributed by atoms with Crippen LogP contribution in [0.25, 0.3) is 0 Å². The largest absolute Gasteiger partial charge is 0.273 e. The first kappa shape index (κ1) is 17.2. The van der Waals surface area contributed by atoms with Crippen LogP contribution in [-0.4, -0.2) is 23.3 Å². The predicted molar refractivity (Wildman–Crippen MR) is 82.3 cm³/mol. The van der Waals surface area contributed by atoms with E-state index in [4.69, 9.17) is 11.6 Å². The molecule has 1 heterocycles. The molecule has 3 nitrogen and oxygen atoms in total. The highest BCUT2D eigenvalue weighted by Gasteiger charge is 2.38. The number of halogens is 3. The first-order chi connectivity index (χ1) is 10.3. The molecule has 1 amide bonds. The molecule has 0 radical (unpaired) electrons. The Morgan fingerprint density at radius 2 is 2.00 bits per heavy atom. The van der Waals surface area contributed by atoms with Crippen molar-refractivity contribution in [3.05, 3.63) is 35.4 Å². The molecule has 1 aliphatic heterocycles. The van der Waals surface area contributed by atoms with Crippen molar-refractivity contribution in [2.24, 2.45) is 5.41 Å². The normalized spacial score (nSPS) is 18.8. The standard InChI is InChI=1S/C16H21ClF2N2O/c1-16(2,5-3-6-17)15(22)21-14(4-7-20-21)11-8-12(18)10-13(19)9-11/h8-10,14,20H,3-7H2,1-2H3. The number of hydrogen-bond acceptors (Lipinski definition) is 2. The lowest BCUT2D eigenvalue weighted by molar-refractivity contribution is -0.145. The van der Waals surface area contributed by atoms with Crippen molar-refractivity contribution in [3.8, 4) is 0 Å². The van der Waals surface area contributed by atoms with Gasteiger partial charge >= 0.3 is 0 Å². The molecule has 1 atom stereocenters. The number of hydrazine groups is 1. The molecule has 0 aliphatic carbocycles. The molecule has 1 aromatic carbocycles. The highest BCUT2D eigenvalue weighted by molar-refractivity contribution is 6.17. The summed E-state index contributed by atoms with van der Waals surface area (Å²) in [6, 6.07) is 3.05. The second kappa shape index (κ2) is 6.92. The quantitative estimate of drug-likeness (QED) is 0.833. The van der Waals surface area contributed by atoms with E-state index in [1.165, 1.54) is 17.1 Å². The van der Waals surface area contributed by atoms with Crippen LogP contribution in [0.1, 0.15) is 44.7 Å². The molecule has 2 rings (SSSR count). The highest BCUT2D eigenvalue weighted by Crippen LogP contribution is 2.34. The topological polar surface area (TPSA) is 32.3 Å². The summed E-state index contributed by atoms with van der Waals surface area (Å²) in [5.74, 6) is -0.834. The number of carbonyl (C=O) groups excluding carboxylic acids is 1. The Hall–Kier alpha value is -1.20.